The summed E-state index contributed by atoms with van der Waals surface area (Å²) >= 11 is 0. The first-order valence-corrected chi connectivity index (χ1v) is 9.75. The fourth-order valence-corrected chi connectivity index (χ4v) is 3.98. The van der Waals surface area contributed by atoms with E-state index in [2.05, 4.69) is 4.72 Å². The first-order valence-electron chi connectivity index (χ1n) is 8.27. The Hall–Kier alpha value is -1.11. The minimum absolute atomic E-state index is 0.0910. The number of hydrogen-bond acceptors (Lipinski definition) is 4. The topological polar surface area (TPSA) is 64.6 Å². The van der Waals surface area contributed by atoms with E-state index < -0.39 is 10.0 Å². The summed E-state index contributed by atoms with van der Waals surface area (Å²) in [5.74, 6) is 0.747. The van der Waals surface area contributed by atoms with E-state index in [1.165, 1.54) is 12.8 Å². The van der Waals surface area contributed by atoms with Crippen LogP contribution in [0.25, 0.3) is 0 Å². The second-order valence-electron chi connectivity index (χ2n) is 6.27. The molecule has 0 bridgehead atoms. The Morgan fingerprint density at radius 2 is 1.96 bits per heavy atom. The summed E-state index contributed by atoms with van der Waals surface area (Å²) in [6.07, 6.45) is 4.93. The monoisotopic (exact) mass is 341 g/mol. The average Bonchev–Trinajstić information content (AvgIpc) is 2.96. The van der Waals surface area contributed by atoms with Gasteiger partial charge < -0.3 is 9.47 Å². The van der Waals surface area contributed by atoms with Crippen LogP contribution in [0.3, 0.4) is 0 Å². The van der Waals surface area contributed by atoms with Crippen LogP contribution in [0.15, 0.2) is 23.1 Å². The van der Waals surface area contributed by atoms with Crippen LogP contribution in [0.1, 0.15) is 45.1 Å². The highest BCUT2D eigenvalue weighted by molar-refractivity contribution is 7.89. The SMILES string of the molecule is Cc1cc(OC2CCCC2)ccc1S(=O)(=O)NCCOC(C)C. The number of nitrogens with one attached hydrogen (secondary N) is 1. The van der Waals surface area contributed by atoms with E-state index >= 15 is 0 Å². The van der Waals surface area contributed by atoms with Gasteiger partial charge in [-0.1, -0.05) is 0 Å². The Morgan fingerprint density at radius 1 is 1.26 bits per heavy atom. The highest BCUT2D eigenvalue weighted by atomic mass is 32.2. The fraction of sp³-hybridized carbons (Fsp3) is 0.647. The summed E-state index contributed by atoms with van der Waals surface area (Å²) in [6, 6.07) is 5.16. The molecule has 1 aromatic rings. The van der Waals surface area contributed by atoms with Crippen LogP contribution in [-0.4, -0.2) is 33.8 Å². The van der Waals surface area contributed by atoms with Crippen molar-refractivity contribution in [3.8, 4) is 5.75 Å². The molecule has 1 fully saturated rings. The Labute approximate surface area is 139 Å². The summed E-state index contributed by atoms with van der Waals surface area (Å²) in [5, 5.41) is 0. The van der Waals surface area contributed by atoms with Gasteiger partial charge in [0, 0.05) is 6.54 Å². The lowest BCUT2D eigenvalue weighted by atomic mass is 10.2. The van der Waals surface area contributed by atoms with Crippen LogP contribution in [-0.2, 0) is 14.8 Å². The standard InChI is InChI=1S/C17H27NO4S/c1-13(2)21-11-10-18-23(19,20)17-9-8-16(12-14(17)3)22-15-6-4-5-7-15/h8-9,12-13,15,18H,4-7,10-11H2,1-3H3. The van der Waals surface area contributed by atoms with Gasteiger partial charge in [0.05, 0.1) is 23.7 Å². The molecule has 0 unspecified atom stereocenters. The number of aryl methyl sites for hydroxylation is 1. The van der Waals surface area contributed by atoms with Gasteiger partial charge in [0.25, 0.3) is 0 Å². The van der Waals surface area contributed by atoms with Gasteiger partial charge >= 0.3 is 0 Å². The maximum absolute atomic E-state index is 12.3. The quantitative estimate of drug-likeness (QED) is 0.738. The van der Waals surface area contributed by atoms with Crippen molar-refractivity contribution >= 4 is 10.0 Å². The summed E-state index contributed by atoms with van der Waals surface area (Å²) in [7, 11) is -3.52. The molecule has 130 valence electrons. The Bertz CT molecular complexity index is 607. The second kappa shape index (κ2) is 8.13. The van der Waals surface area contributed by atoms with Gasteiger partial charge in [-0.15, -0.1) is 0 Å². The fourth-order valence-electron chi connectivity index (χ4n) is 2.74. The maximum Gasteiger partial charge on any atom is 0.240 e. The van der Waals surface area contributed by atoms with E-state index in [-0.39, 0.29) is 18.8 Å². The van der Waals surface area contributed by atoms with Gasteiger partial charge in [-0.25, -0.2) is 13.1 Å². The zero-order chi connectivity index (χ0) is 16.9. The van der Waals surface area contributed by atoms with Crippen LogP contribution in [0.2, 0.25) is 0 Å². The summed E-state index contributed by atoms with van der Waals surface area (Å²) in [6.45, 7) is 6.25. The number of benzene rings is 1. The van der Waals surface area contributed by atoms with Gasteiger partial charge in [-0.2, -0.15) is 0 Å². The van der Waals surface area contributed by atoms with Crippen molar-refractivity contribution in [2.45, 2.75) is 63.6 Å². The van der Waals surface area contributed by atoms with E-state index in [9.17, 15) is 8.42 Å². The Morgan fingerprint density at radius 3 is 2.57 bits per heavy atom. The lowest BCUT2D eigenvalue weighted by molar-refractivity contribution is 0.0834. The van der Waals surface area contributed by atoms with Crippen LogP contribution < -0.4 is 9.46 Å². The molecule has 5 nitrogen and oxygen atoms in total. The minimum Gasteiger partial charge on any atom is -0.490 e. The van der Waals surface area contributed by atoms with Gasteiger partial charge in [0.15, 0.2) is 0 Å². The maximum atomic E-state index is 12.3. The Balaban J connectivity index is 1.98. The first kappa shape index (κ1) is 18.2. The molecule has 0 amide bonds. The smallest absolute Gasteiger partial charge is 0.240 e. The van der Waals surface area contributed by atoms with Crippen LogP contribution >= 0.6 is 0 Å². The molecule has 0 aromatic heterocycles. The van der Waals surface area contributed by atoms with Crippen LogP contribution in [0.5, 0.6) is 5.75 Å². The number of ether oxygens (including phenoxy) is 2. The van der Waals surface area contributed by atoms with Gasteiger partial charge in [0.1, 0.15) is 5.75 Å². The average molecular weight is 341 g/mol. The van der Waals surface area contributed by atoms with Crippen molar-refractivity contribution in [2.24, 2.45) is 0 Å². The molecule has 1 aliphatic rings. The predicted molar refractivity (Wildman–Crippen MR) is 90.3 cm³/mol. The normalized spacial score (nSPS) is 16.2. The summed E-state index contributed by atoms with van der Waals surface area (Å²) in [5.41, 5.74) is 0.692. The number of sulfonamides is 1. The highest BCUT2D eigenvalue weighted by Gasteiger charge is 2.19. The highest BCUT2D eigenvalue weighted by Crippen LogP contribution is 2.26. The van der Waals surface area contributed by atoms with Crippen molar-refractivity contribution in [3.05, 3.63) is 23.8 Å². The lowest BCUT2D eigenvalue weighted by Crippen LogP contribution is -2.28. The Kier molecular flexibility index (Phi) is 6.44. The molecule has 2 rings (SSSR count). The van der Waals surface area contributed by atoms with E-state index in [1.807, 2.05) is 13.8 Å². The minimum atomic E-state index is -3.52. The molecule has 0 saturated heterocycles. The van der Waals surface area contributed by atoms with E-state index in [0.717, 1.165) is 18.6 Å². The van der Waals surface area contributed by atoms with Gasteiger partial charge in [-0.3, -0.25) is 0 Å². The third-order valence-electron chi connectivity index (χ3n) is 3.89. The lowest BCUT2D eigenvalue weighted by Gasteiger charge is -2.15. The molecule has 6 heteroatoms. The van der Waals surface area contributed by atoms with Crippen molar-refractivity contribution in [1.29, 1.82) is 0 Å². The summed E-state index contributed by atoms with van der Waals surface area (Å²) in [4.78, 5) is 0.292. The molecule has 0 spiro atoms. The van der Waals surface area contributed by atoms with Crippen LogP contribution in [0.4, 0.5) is 0 Å². The molecule has 1 saturated carbocycles. The molecular formula is C17H27NO4S. The van der Waals surface area contributed by atoms with Crippen molar-refractivity contribution in [3.63, 3.8) is 0 Å². The molecule has 1 aliphatic carbocycles. The van der Waals surface area contributed by atoms with Gasteiger partial charge in [-0.05, 0) is 70.2 Å². The van der Waals surface area contributed by atoms with Crippen molar-refractivity contribution < 1.29 is 17.9 Å². The van der Waals surface area contributed by atoms with Gasteiger partial charge in [0.2, 0.25) is 10.0 Å². The molecular weight excluding hydrogens is 314 g/mol. The molecule has 0 radical (unpaired) electrons. The van der Waals surface area contributed by atoms with Crippen molar-refractivity contribution in [2.75, 3.05) is 13.2 Å². The predicted octanol–water partition coefficient (Wildman–Crippen LogP) is 3.02. The van der Waals surface area contributed by atoms with E-state index in [4.69, 9.17) is 9.47 Å². The third kappa shape index (κ3) is 5.48. The van der Waals surface area contributed by atoms with E-state index in [1.54, 1.807) is 25.1 Å². The zero-order valence-electron chi connectivity index (χ0n) is 14.2. The van der Waals surface area contributed by atoms with Crippen molar-refractivity contribution in [1.82, 2.24) is 4.72 Å². The largest absolute Gasteiger partial charge is 0.490 e. The third-order valence-corrected chi connectivity index (χ3v) is 5.51. The molecule has 0 heterocycles. The number of hydrogen-bond donors (Lipinski definition) is 1. The van der Waals surface area contributed by atoms with Crippen LogP contribution in [0, 0.1) is 6.92 Å². The molecule has 0 aliphatic heterocycles. The molecule has 0 atom stereocenters. The number of rotatable bonds is 8. The second-order valence-corrected chi connectivity index (χ2v) is 8.00. The zero-order valence-corrected chi connectivity index (χ0v) is 15.0. The molecule has 1 aromatic carbocycles. The molecule has 1 N–H and O–H groups in total. The first-order chi connectivity index (χ1) is 10.9. The molecule has 23 heavy (non-hydrogen) atoms. The summed E-state index contributed by atoms with van der Waals surface area (Å²) < 4.78 is 38.5. The van der Waals surface area contributed by atoms with E-state index in [0.29, 0.717) is 17.1 Å².